The van der Waals surface area contributed by atoms with Gasteiger partial charge in [0.1, 0.15) is 17.7 Å². The molecule has 3 atom stereocenters. The van der Waals surface area contributed by atoms with Crippen molar-refractivity contribution in [2.24, 2.45) is 0 Å². The average Bonchev–Trinajstić information content (AvgIpc) is 3.03. The quantitative estimate of drug-likeness (QED) is 0.278. The van der Waals surface area contributed by atoms with Crippen molar-refractivity contribution < 1.29 is 28.7 Å². The first kappa shape index (κ1) is 19.0. The third-order valence-electron chi connectivity index (χ3n) is 4.41. The Labute approximate surface area is 158 Å². The van der Waals surface area contributed by atoms with Crippen molar-refractivity contribution in [3.05, 3.63) is 9.81 Å². The lowest BCUT2D eigenvalue weighted by molar-refractivity contribution is -0.144. The number of nitrogens with one attached hydrogen (secondary N) is 1. The number of urea groups is 1. The van der Waals surface area contributed by atoms with E-state index in [1.165, 1.54) is 49.7 Å². The second kappa shape index (κ2) is 7.10. The van der Waals surface area contributed by atoms with E-state index in [9.17, 15) is 19.2 Å². The number of thioether (sulfide) groups is 2. The number of carbonyl (C=O) groups is 4. The molecule has 10 nitrogen and oxygen atoms in total. The molecule has 3 aliphatic heterocycles. The SMILES string of the molecule is COC(=O)C(C(=O)OC)=C1SCN2C(NC3C2C(=O)N(C)C(=O)N3C)S1. The number of hydrogen-bond acceptors (Lipinski definition) is 10. The molecule has 0 bridgehead atoms. The molecule has 3 heterocycles. The van der Waals surface area contributed by atoms with Gasteiger partial charge in [-0.25, -0.2) is 14.4 Å². The number of ether oxygens (including phenoxy) is 2. The maximum atomic E-state index is 12.6. The van der Waals surface area contributed by atoms with Gasteiger partial charge in [0.25, 0.3) is 5.91 Å². The van der Waals surface area contributed by atoms with Gasteiger partial charge in [0, 0.05) is 14.1 Å². The number of methoxy groups -OCH3 is 2. The summed E-state index contributed by atoms with van der Waals surface area (Å²) in [5.41, 5.74) is -0.551. The number of nitrogens with zero attached hydrogens (tertiary/aromatic N) is 3. The Morgan fingerprint density at radius 3 is 2.35 bits per heavy atom. The lowest BCUT2D eigenvalue weighted by Crippen LogP contribution is -2.65. The number of esters is 2. The Kier molecular flexibility index (Phi) is 5.19. The fourth-order valence-electron chi connectivity index (χ4n) is 3.01. The summed E-state index contributed by atoms with van der Waals surface area (Å²) in [6.45, 7) is 0. The first-order valence-corrected chi connectivity index (χ1v) is 9.44. The summed E-state index contributed by atoms with van der Waals surface area (Å²) in [4.78, 5) is 53.2. The summed E-state index contributed by atoms with van der Waals surface area (Å²) in [5, 5.41) is 3.22. The second-order valence-corrected chi connectivity index (χ2v) is 8.05. The molecular formula is C14H18N4O6S2. The molecule has 3 fully saturated rings. The Bertz CT molecular complexity index is 696. The van der Waals surface area contributed by atoms with Crippen LogP contribution in [0.25, 0.3) is 0 Å². The summed E-state index contributed by atoms with van der Waals surface area (Å²) in [6.07, 6.45) is -0.483. The third kappa shape index (κ3) is 2.86. The predicted octanol–water partition coefficient (Wildman–Crippen LogP) is -0.611. The molecule has 0 aromatic heterocycles. The number of hydrogen-bond donors (Lipinski definition) is 1. The van der Waals surface area contributed by atoms with E-state index in [4.69, 9.17) is 0 Å². The topological polar surface area (TPSA) is 108 Å². The molecule has 3 saturated heterocycles. The molecular weight excluding hydrogens is 384 g/mol. The van der Waals surface area contributed by atoms with Crippen molar-refractivity contribution in [1.82, 2.24) is 20.0 Å². The predicted molar refractivity (Wildman–Crippen MR) is 93.4 cm³/mol. The molecule has 3 aliphatic rings. The lowest BCUT2D eigenvalue weighted by atomic mass is 10.1. The standard InChI is InChI=1S/C14H18N4O6S2/c1-16-8-7(9(19)17(2)14(16)22)18-5-25-12(26-13(18)15-8)6(10(20)23-3)11(21)24-4/h7-8,13,15H,5H2,1-4H3. The van der Waals surface area contributed by atoms with Gasteiger partial charge in [-0.2, -0.15) is 0 Å². The Morgan fingerprint density at radius 2 is 1.77 bits per heavy atom. The van der Waals surface area contributed by atoms with Gasteiger partial charge in [-0.1, -0.05) is 11.8 Å². The number of fused-ring (bicyclic) bond motifs is 3. The molecule has 1 N–H and O–H groups in total. The van der Waals surface area contributed by atoms with Crippen LogP contribution in [0.3, 0.4) is 0 Å². The monoisotopic (exact) mass is 402 g/mol. The molecule has 142 valence electrons. The van der Waals surface area contributed by atoms with Gasteiger partial charge < -0.3 is 14.4 Å². The van der Waals surface area contributed by atoms with E-state index < -0.39 is 24.1 Å². The highest BCUT2D eigenvalue weighted by Gasteiger charge is 2.55. The number of amides is 3. The van der Waals surface area contributed by atoms with Gasteiger partial charge in [-0.05, 0) is 0 Å². The molecule has 0 spiro atoms. The van der Waals surface area contributed by atoms with Crippen molar-refractivity contribution >= 4 is 47.4 Å². The highest BCUT2D eigenvalue weighted by molar-refractivity contribution is 8.23. The average molecular weight is 402 g/mol. The largest absolute Gasteiger partial charge is 0.465 e. The van der Waals surface area contributed by atoms with Crippen molar-refractivity contribution in [2.75, 3.05) is 34.2 Å². The van der Waals surface area contributed by atoms with Crippen molar-refractivity contribution in [3.63, 3.8) is 0 Å². The van der Waals surface area contributed by atoms with Crippen molar-refractivity contribution in [2.45, 2.75) is 17.7 Å². The maximum Gasteiger partial charge on any atom is 0.347 e. The van der Waals surface area contributed by atoms with Gasteiger partial charge in [-0.15, -0.1) is 11.8 Å². The van der Waals surface area contributed by atoms with E-state index in [0.717, 1.165) is 4.90 Å². The van der Waals surface area contributed by atoms with Crippen molar-refractivity contribution in [3.8, 4) is 0 Å². The summed E-state index contributed by atoms with van der Waals surface area (Å²) in [5.74, 6) is -1.49. The Balaban J connectivity index is 1.90. The zero-order chi connectivity index (χ0) is 19.2. The molecule has 0 saturated carbocycles. The van der Waals surface area contributed by atoms with Gasteiger partial charge in [0.2, 0.25) is 0 Å². The fraction of sp³-hybridized carbons (Fsp3) is 0.571. The molecule has 12 heteroatoms. The Morgan fingerprint density at radius 1 is 1.15 bits per heavy atom. The number of imide groups is 1. The number of rotatable bonds is 2. The molecule has 3 unspecified atom stereocenters. The van der Waals surface area contributed by atoms with E-state index in [0.29, 0.717) is 10.1 Å². The van der Waals surface area contributed by atoms with Gasteiger partial charge >= 0.3 is 18.0 Å². The lowest BCUT2D eigenvalue weighted by Gasteiger charge is -2.40. The molecule has 3 amide bonds. The van der Waals surface area contributed by atoms with Crippen LogP contribution < -0.4 is 5.32 Å². The first-order chi connectivity index (χ1) is 12.3. The minimum atomic E-state index is -0.779. The number of carbonyl (C=O) groups excluding carboxylic acids is 4. The van der Waals surface area contributed by atoms with Crippen LogP contribution in [0.15, 0.2) is 9.81 Å². The van der Waals surface area contributed by atoms with Crippen LogP contribution in [0.2, 0.25) is 0 Å². The van der Waals surface area contributed by atoms with E-state index in [2.05, 4.69) is 14.8 Å². The van der Waals surface area contributed by atoms with Gasteiger partial charge in [0.15, 0.2) is 5.57 Å². The van der Waals surface area contributed by atoms with E-state index in [1.54, 1.807) is 7.05 Å². The zero-order valence-electron chi connectivity index (χ0n) is 14.5. The summed E-state index contributed by atoms with van der Waals surface area (Å²) in [7, 11) is 5.45. The van der Waals surface area contributed by atoms with Crippen LogP contribution in [0.1, 0.15) is 0 Å². The molecule has 0 aromatic carbocycles. The highest BCUT2D eigenvalue weighted by atomic mass is 32.2. The number of likely N-dealkylation sites (N-methyl/N-ethyl adjacent to an activating group) is 2. The summed E-state index contributed by atoms with van der Waals surface area (Å²) < 4.78 is 9.82. The first-order valence-electron chi connectivity index (χ1n) is 7.58. The molecule has 0 radical (unpaired) electrons. The van der Waals surface area contributed by atoms with E-state index in [1.807, 2.05) is 4.90 Å². The normalized spacial score (nSPS) is 28.6. The second-order valence-electron chi connectivity index (χ2n) is 5.75. The van der Waals surface area contributed by atoms with Crippen LogP contribution in [-0.2, 0) is 23.9 Å². The van der Waals surface area contributed by atoms with Crippen LogP contribution in [0.5, 0.6) is 0 Å². The van der Waals surface area contributed by atoms with Crippen LogP contribution >= 0.6 is 23.5 Å². The smallest absolute Gasteiger partial charge is 0.347 e. The molecule has 26 heavy (non-hydrogen) atoms. The zero-order valence-corrected chi connectivity index (χ0v) is 16.2. The summed E-state index contributed by atoms with van der Waals surface area (Å²) in [6, 6.07) is -0.921. The summed E-state index contributed by atoms with van der Waals surface area (Å²) >= 11 is 2.47. The third-order valence-corrected chi connectivity index (χ3v) is 6.99. The minimum Gasteiger partial charge on any atom is -0.465 e. The maximum absolute atomic E-state index is 12.6. The van der Waals surface area contributed by atoms with E-state index in [-0.39, 0.29) is 23.0 Å². The van der Waals surface area contributed by atoms with E-state index >= 15 is 0 Å². The van der Waals surface area contributed by atoms with Crippen LogP contribution in [-0.4, -0.2) is 90.5 Å². The Hall–Kier alpha value is -1.76. The van der Waals surface area contributed by atoms with Crippen molar-refractivity contribution in [1.29, 1.82) is 0 Å². The highest BCUT2D eigenvalue weighted by Crippen LogP contribution is 2.45. The van der Waals surface area contributed by atoms with Gasteiger partial charge in [-0.3, -0.25) is 19.9 Å². The molecule has 3 rings (SSSR count). The van der Waals surface area contributed by atoms with Gasteiger partial charge in [0.05, 0.1) is 24.3 Å². The molecule has 0 aliphatic carbocycles. The fourth-order valence-corrected chi connectivity index (χ4v) is 5.73. The molecule has 0 aromatic rings. The minimum absolute atomic E-state index is 0.172. The van der Waals surface area contributed by atoms with Crippen LogP contribution in [0, 0.1) is 0 Å². The van der Waals surface area contributed by atoms with Crippen LogP contribution in [0.4, 0.5) is 4.79 Å².